The summed E-state index contributed by atoms with van der Waals surface area (Å²) in [5.41, 5.74) is 23.0. The molecule has 0 radical (unpaired) electrons. The maximum absolute atomic E-state index is 2.73. The summed E-state index contributed by atoms with van der Waals surface area (Å²) in [5, 5.41) is 0. The van der Waals surface area contributed by atoms with E-state index in [9.17, 15) is 0 Å². The van der Waals surface area contributed by atoms with Crippen LogP contribution in [0.3, 0.4) is 0 Å². The van der Waals surface area contributed by atoms with Gasteiger partial charge in [0.05, 0.1) is 0 Å². The molecule has 6 aromatic rings. The molecule has 3 atom stereocenters. The molecule has 1 aliphatic carbocycles. The molecule has 0 bridgehead atoms. The van der Waals surface area contributed by atoms with Crippen LogP contribution in [0.25, 0.3) is 33.4 Å². The summed E-state index contributed by atoms with van der Waals surface area (Å²) in [4.78, 5) is 2.73. The van der Waals surface area contributed by atoms with Crippen molar-refractivity contribution in [3.8, 4) is 33.4 Å². The average molecular weight is 682 g/mol. The molecule has 53 heavy (non-hydrogen) atoms. The third-order valence-corrected chi connectivity index (χ3v) is 13.6. The highest BCUT2D eigenvalue weighted by Gasteiger charge is 2.54. The van der Waals surface area contributed by atoms with Crippen molar-refractivity contribution in [2.45, 2.75) is 65.1 Å². The van der Waals surface area contributed by atoms with Crippen molar-refractivity contribution >= 4 is 57.8 Å². The molecule has 5 aliphatic rings. The van der Waals surface area contributed by atoms with Gasteiger partial charge in [0.15, 0.2) is 0 Å². The van der Waals surface area contributed by atoms with E-state index in [0.717, 1.165) is 0 Å². The minimum Gasteiger partial charge on any atom is -0.313 e. The number of nitrogens with zero attached hydrogens (tertiary/aromatic N) is 1. The second kappa shape index (κ2) is 10.8. The Bertz CT molecular complexity index is 2530. The largest absolute Gasteiger partial charge is 0.313 e. The van der Waals surface area contributed by atoms with Crippen LogP contribution in [0.15, 0.2) is 133 Å². The lowest BCUT2D eigenvalue weighted by atomic mass is 9.30. The quantitative estimate of drug-likeness (QED) is 0.130. The van der Waals surface area contributed by atoms with Gasteiger partial charge in [0.2, 0.25) is 13.4 Å². The molecule has 0 saturated heterocycles. The zero-order valence-corrected chi connectivity index (χ0v) is 31.7. The van der Waals surface area contributed by atoms with Gasteiger partial charge in [-0.15, -0.1) is 0 Å². The first kappa shape index (κ1) is 31.5. The molecule has 0 fully saturated rings. The van der Waals surface area contributed by atoms with Gasteiger partial charge in [0.25, 0.3) is 0 Å². The third-order valence-electron chi connectivity index (χ3n) is 13.6. The zero-order chi connectivity index (χ0) is 36.0. The van der Waals surface area contributed by atoms with Crippen LogP contribution in [0.2, 0.25) is 5.82 Å². The molecule has 0 amide bonds. The van der Waals surface area contributed by atoms with Gasteiger partial charge < -0.3 is 4.90 Å². The minimum atomic E-state index is 0.00664. The summed E-state index contributed by atoms with van der Waals surface area (Å²) < 4.78 is 0. The first-order valence-electron chi connectivity index (χ1n) is 19.8. The molecule has 0 aromatic heterocycles. The number of benzene rings is 6. The van der Waals surface area contributed by atoms with E-state index in [-0.39, 0.29) is 17.5 Å². The van der Waals surface area contributed by atoms with Crippen LogP contribution in [0, 0.1) is 11.3 Å². The van der Waals surface area contributed by atoms with Crippen LogP contribution < -0.4 is 32.2 Å². The molecule has 3 heteroatoms. The topological polar surface area (TPSA) is 3.24 Å². The first-order valence-corrected chi connectivity index (χ1v) is 19.8. The van der Waals surface area contributed by atoms with Gasteiger partial charge in [-0.05, 0) is 108 Å². The maximum Gasteiger partial charge on any atom is 0.248 e. The Balaban J connectivity index is 1.21. The molecule has 4 aliphatic heterocycles. The molecule has 3 unspecified atom stereocenters. The van der Waals surface area contributed by atoms with Crippen LogP contribution in [-0.2, 0) is 5.41 Å². The van der Waals surface area contributed by atoms with Crippen molar-refractivity contribution < 1.29 is 0 Å². The van der Waals surface area contributed by atoms with Gasteiger partial charge in [-0.3, -0.25) is 0 Å². The minimum absolute atomic E-state index is 0.00664. The Kier molecular flexibility index (Phi) is 6.41. The van der Waals surface area contributed by atoms with Crippen LogP contribution in [0.4, 0.5) is 17.1 Å². The SMILES string of the molecule is CC(C)(C)c1cc2c3c(c1)N1c4ccc(-c5ccccc5)c5c4B(c4cccc(c41)B3c1cc(-c3ccccc3)ccc1-2)C1C=CC(C(C)(C)C)CC51. The predicted molar refractivity (Wildman–Crippen MR) is 229 cm³/mol. The van der Waals surface area contributed by atoms with Crippen molar-refractivity contribution in [1.82, 2.24) is 0 Å². The van der Waals surface area contributed by atoms with Gasteiger partial charge in [-0.2, -0.15) is 0 Å². The Morgan fingerprint density at radius 3 is 2.02 bits per heavy atom. The van der Waals surface area contributed by atoms with E-state index in [1.54, 1.807) is 11.0 Å². The molecule has 4 heterocycles. The lowest BCUT2D eigenvalue weighted by Gasteiger charge is -2.43. The fraction of sp³-hybridized carbons (Fsp3) is 0.240. The summed E-state index contributed by atoms with van der Waals surface area (Å²) >= 11 is 0. The van der Waals surface area contributed by atoms with E-state index in [1.807, 2.05) is 0 Å². The summed E-state index contributed by atoms with van der Waals surface area (Å²) in [5.74, 6) is 1.47. The number of para-hydroxylation sites is 1. The van der Waals surface area contributed by atoms with Crippen molar-refractivity contribution in [3.05, 3.63) is 145 Å². The Morgan fingerprint density at radius 2 is 1.28 bits per heavy atom. The standard InChI is InChI=1S/C50H45B2N/c1-49(2,3)33-21-24-39-38(27-33)45-35(31-16-11-8-12-17-31)23-25-43-47(45)51(39)40-18-13-19-41-48(40)53(43)44-29-34(50(4,5)6)28-37-36-22-20-32(30-14-9-7-10-15-30)26-42(36)52(41)46(37)44/h7-26,28-29,33,38-39H,27H2,1-6H3. The van der Waals surface area contributed by atoms with Gasteiger partial charge >= 0.3 is 0 Å². The van der Waals surface area contributed by atoms with E-state index in [1.165, 1.54) is 84.3 Å². The second-order valence-corrected chi connectivity index (χ2v) is 18.5. The van der Waals surface area contributed by atoms with E-state index < -0.39 is 0 Å². The number of anilines is 3. The lowest BCUT2D eigenvalue weighted by molar-refractivity contribution is 0.256. The smallest absolute Gasteiger partial charge is 0.248 e. The average Bonchev–Trinajstić information content (AvgIpc) is 3.68. The van der Waals surface area contributed by atoms with Crippen molar-refractivity contribution in [2.24, 2.45) is 11.3 Å². The second-order valence-electron chi connectivity index (χ2n) is 18.5. The van der Waals surface area contributed by atoms with E-state index in [2.05, 4.69) is 180 Å². The fourth-order valence-electron chi connectivity index (χ4n) is 11.0. The Labute approximate surface area is 316 Å². The normalized spacial score (nSPS) is 19.8. The number of allylic oxidation sites excluding steroid dienone is 2. The molecular formula is C50H45B2N. The third kappa shape index (κ3) is 4.34. The summed E-state index contributed by atoms with van der Waals surface area (Å²) in [7, 11) is 0. The molecule has 256 valence electrons. The predicted octanol–water partition coefficient (Wildman–Crippen LogP) is 9.61. The van der Waals surface area contributed by atoms with Crippen molar-refractivity contribution in [3.63, 3.8) is 0 Å². The Hall–Kier alpha value is -5.01. The van der Waals surface area contributed by atoms with E-state index in [4.69, 9.17) is 0 Å². The molecule has 0 saturated carbocycles. The molecular weight excluding hydrogens is 636 g/mol. The fourth-order valence-corrected chi connectivity index (χ4v) is 11.0. The number of rotatable bonds is 2. The number of hydrogen-bond donors (Lipinski definition) is 0. The molecule has 6 aromatic carbocycles. The van der Waals surface area contributed by atoms with E-state index in [0.29, 0.717) is 24.4 Å². The molecule has 0 N–H and O–H groups in total. The summed E-state index contributed by atoms with van der Waals surface area (Å²) in [6, 6.07) is 46.8. The highest BCUT2D eigenvalue weighted by atomic mass is 15.2. The maximum atomic E-state index is 2.73. The zero-order valence-electron chi connectivity index (χ0n) is 31.7. The van der Waals surface area contributed by atoms with Crippen LogP contribution >= 0.6 is 0 Å². The van der Waals surface area contributed by atoms with Gasteiger partial charge in [0, 0.05) is 17.1 Å². The van der Waals surface area contributed by atoms with E-state index >= 15 is 0 Å². The number of hydrogen-bond acceptors (Lipinski definition) is 1. The van der Waals surface area contributed by atoms with Crippen molar-refractivity contribution in [2.75, 3.05) is 4.90 Å². The van der Waals surface area contributed by atoms with Gasteiger partial charge in [-0.25, -0.2) is 0 Å². The summed E-state index contributed by atoms with van der Waals surface area (Å²) in [6.45, 7) is 14.9. The van der Waals surface area contributed by atoms with Gasteiger partial charge in [-0.1, -0.05) is 174 Å². The molecule has 11 rings (SSSR count). The van der Waals surface area contributed by atoms with Crippen molar-refractivity contribution in [1.29, 1.82) is 0 Å². The Morgan fingerprint density at radius 1 is 0.566 bits per heavy atom. The number of fused-ring (bicyclic) bond motifs is 10. The lowest BCUT2D eigenvalue weighted by Crippen LogP contribution is -2.61. The first-order chi connectivity index (χ1) is 25.6. The van der Waals surface area contributed by atoms with Gasteiger partial charge in [0.1, 0.15) is 0 Å². The summed E-state index contributed by atoms with van der Waals surface area (Å²) in [6.07, 6.45) is 6.43. The highest BCUT2D eigenvalue weighted by Crippen LogP contribution is 2.56. The van der Waals surface area contributed by atoms with Crippen LogP contribution in [-0.4, -0.2) is 13.4 Å². The molecule has 0 spiro atoms. The van der Waals surface area contributed by atoms with Crippen LogP contribution in [0.5, 0.6) is 0 Å². The molecule has 1 nitrogen and oxygen atoms in total. The van der Waals surface area contributed by atoms with Crippen LogP contribution in [0.1, 0.15) is 65.0 Å². The highest BCUT2D eigenvalue weighted by molar-refractivity contribution is 7.03. The monoisotopic (exact) mass is 681 g/mol.